The molecule has 0 unspecified atom stereocenters. The molecule has 1 aromatic rings. The normalized spacial score (nSPS) is 11.6. The smallest absolute Gasteiger partial charge is 0.191 e. The Labute approximate surface area is 119 Å². The van der Waals surface area contributed by atoms with Crippen LogP contribution in [0.3, 0.4) is 0 Å². The molecule has 0 radical (unpaired) electrons. The van der Waals surface area contributed by atoms with Gasteiger partial charge < -0.3 is 10.6 Å². The second-order valence-electron chi connectivity index (χ2n) is 4.07. The van der Waals surface area contributed by atoms with Gasteiger partial charge in [-0.25, -0.2) is 4.39 Å². The summed E-state index contributed by atoms with van der Waals surface area (Å²) in [5.74, 6) is 1.39. The van der Waals surface area contributed by atoms with E-state index in [0.29, 0.717) is 5.96 Å². The zero-order valence-corrected chi connectivity index (χ0v) is 12.4. The number of halogens is 1. The minimum absolute atomic E-state index is 0.194. The summed E-state index contributed by atoms with van der Waals surface area (Å²) in [7, 11) is 0. The van der Waals surface area contributed by atoms with Crippen LogP contribution in [0, 0.1) is 5.82 Å². The first-order valence-corrected chi connectivity index (χ1v) is 7.59. The average Bonchev–Trinajstić information content (AvgIpc) is 2.42. The molecule has 0 spiro atoms. The van der Waals surface area contributed by atoms with Crippen LogP contribution in [0.2, 0.25) is 0 Å². The second kappa shape index (κ2) is 8.80. The van der Waals surface area contributed by atoms with Crippen molar-refractivity contribution in [3.63, 3.8) is 0 Å². The molecule has 19 heavy (non-hydrogen) atoms. The number of hydrogen-bond acceptors (Lipinski definition) is 2. The fourth-order valence-electron chi connectivity index (χ4n) is 1.63. The summed E-state index contributed by atoms with van der Waals surface area (Å²) in [6.45, 7) is 6.63. The van der Waals surface area contributed by atoms with E-state index in [0.717, 1.165) is 36.7 Å². The Kier molecular flexibility index (Phi) is 7.33. The largest absolute Gasteiger partial charge is 0.370 e. The lowest BCUT2D eigenvalue weighted by Gasteiger charge is -2.19. The third-order valence-electron chi connectivity index (χ3n) is 2.75. The molecule has 0 aliphatic carbocycles. The molecular formula is C14H22FN3S. The predicted octanol–water partition coefficient (Wildman–Crippen LogP) is 2.96. The zero-order chi connectivity index (χ0) is 14.1. The molecule has 3 nitrogen and oxygen atoms in total. The van der Waals surface area contributed by atoms with Gasteiger partial charge in [0.05, 0.1) is 0 Å². The van der Waals surface area contributed by atoms with E-state index in [9.17, 15) is 4.39 Å². The van der Waals surface area contributed by atoms with Gasteiger partial charge in [0, 0.05) is 24.5 Å². The zero-order valence-electron chi connectivity index (χ0n) is 11.6. The molecule has 2 N–H and O–H groups in total. The van der Waals surface area contributed by atoms with Crippen LogP contribution in [0.5, 0.6) is 0 Å². The van der Waals surface area contributed by atoms with Crippen molar-refractivity contribution in [2.75, 3.05) is 25.4 Å². The van der Waals surface area contributed by atoms with Crippen LogP contribution >= 0.6 is 11.8 Å². The Morgan fingerprint density at radius 2 is 1.89 bits per heavy atom. The first-order chi connectivity index (χ1) is 9.17. The van der Waals surface area contributed by atoms with Gasteiger partial charge in [-0.1, -0.05) is 0 Å². The molecule has 0 heterocycles. The van der Waals surface area contributed by atoms with Gasteiger partial charge >= 0.3 is 0 Å². The van der Waals surface area contributed by atoms with Crippen molar-refractivity contribution >= 4 is 17.7 Å². The van der Waals surface area contributed by atoms with E-state index in [1.807, 2.05) is 4.90 Å². The van der Waals surface area contributed by atoms with Crippen LogP contribution in [0.1, 0.15) is 20.3 Å². The Hall–Kier alpha value is -1.23. The summed E-state index contributed by atoms with van der Waals surface area (Å²) in [6.07, 6.45) is 0.962. The van der Waals surface area contributed by atoms with Crippen LogP contribution in [0.15, 0.2) is 34.2 Å². The van der Waals surface area contributed by atoms with Crippen molar-refractivity contribution in [3.05, 3.63) is 30.1 Å². The first kappa shape index (κ1) is 15.8. The van der Waals surface area contributed by atoms with E-state index in [2.05, 4.69) is 18.8 Å². The minimum Gasteiger partial charge on any atom is -0.370 e. The highest BCUT2D eigenvalue weighted by molar-refractivity contribution is 7.99. The van der Waals surface area contributed by atoms with Gasteiger partial charge in [-0.15, -0.1) is 11.8 Å². The molecule has 5 heteroatoms. The quantitative estimate of drug-likeness (QED) is 0.362. The molecule has 0 saturated heterocycles. The molecule has 0 aliphatic rings. The molecule has 1 rings (SSSR count). The summed E-state index contributed by atoms with van der Waals surface area (Å²) in [5.41, 5.74) is 5.88. The maximum absolute atomic E-state index is 12.7. The molecule has 106 valence electrons. The number of rotatable bonds is 7. The molecule has 0 bridgehead atoms. The van der Waals surface area contributed by atoms with E-state index in [-0.39, 0.29) is 5.82 Å². The topological polar surface area (TPSA) is 41.6 Å². The van der Waals surface area contributed by atoms with Gasteiger partial charge in [0.1, 0.15) is 5.82 Å². The SMILES string of the molecule is CCN(CC)C(N)=NCCCSc1ccc(F)cc1. The number of aliphatic imine (C=N–C) groups is 1. The first-order valence-electron chi connectivity index (χ1n) is 6.60. The number of nitrogens with zero attached hydrogens (tertiary/aromatic N) is 2. The lowest BCUT2D eigenvalue weighted by atomic mass is 10.4. The second-order valence-corrected chi connectivity index (χ2v) is 5.24. The fourth-order valence-corrected chi connectivity index (χ4v) is 2.46. The molecule has 0 atom stereocenters. The highest BCUT2D eigenvalue weighted by Crippen LogP contribution is 2.18. The Morgan fingerprint density at radius 1 is 1.26 bits per heavy atom. The lowest BCUT2D eigenvalue weighted by Crippen LogP contribution is -2.37. The summed E-state index contributed by atoms with van der Waals surface area (Å²) in [4.78, 5) is 7.48. The maximum Gasteiger partial charge on any atom is 0.191 e. The average molecular weight is 283 g/mol. The third kappa shape index (κ3) is 5.96. The van der Waals surface area contributed by atoms with Crippen LogP contribution in [-0.4, -0.2) is 36.2 Å². The molecule has 0 amide bonds. The van der Waals surface area contributed by atoms with Crippen molar-refractivity contribution in [2.24, 2.45) is 10.7 Å². The van der Waals surface area contributed by atoms with Gasteiger partial charge in [-0.05, 0) is 50.3 Å². The van der Waals surface area contributed by atoms with Crippen molar-refractivity contribution in [1.29, 1.82) is 0 Å². The number of nitrogens with two attached hydrogens (primary N) is 1. The van der Waals surface area contributed by atoms with E-state index in [4.69, 9.17) is 5.73 Å². The minimum atomic E-state index is -0.194. The molecule has 0 fully saturated rings. The highest BCUT2D eigenvalue weighted by Gasteiger charge is 2.01. The number of thioether (sulfide) groups is 1. The third-order valence-corrected chi connectivity index (χ3v) is 3.84. The van der Waals surface area contributed by atoms with Crippen LogP contribution < -0.4 is 5.73 Å². The molecular weight excluding hydrogens is 261 g/mol. The van der Waals surface area contributed by atoms with E-state index in [1.165, 1.54) is 12.1 Å². The van der Waals surface area contributed by atoms with Crippen molar-refractivity contribution < 1.29 is 4.39 Å². The Morgan fingerprint density at radius 3 is 2.47 bits per heavy atom. The Bertz CT molecular complexity index is 388. The van der Waals surface area contributed by atoms with Gasteiger partial charge in [0.25, 0.3) is 0 Å². The molecule has 0 saturated carbocycles. The lowest BCUT2D eigenvalue weighted by molar-refractivity contribution is 0.458. The summed E-state index contributed by atoms with van der Waals surface area (Å²) < 4.78 is 12.7. The van der Waals surface area contributed by atoms with Crippen LogP contribution in [-0.2, 0) is 0 Å². The fraction of sp³-hybridized carbons (Fsp3) is 0.500. The monoisotopic (exact) mass is 283 g/mol. The standard InChI is InChI=1S/C14H22FN3S/c1-3-18(4-2)14(16)17-10-5-11-19-13-8-6-12(15)7-9-13/h6-9H,3-5,10-11H2,1-2H3,(H2,16,17). The Balaban J connectivity index is 2.24. The van der Waals surface area contributed by atoms with Crippen molar-refractivity contribution in [3.8, 4) is 0 Å². The highest BCUT2D eigenvalue weighted by atomic mass is 32.2. The summed E-state index contributed by atoms with van der Waals surface area (Å²) >= 11 is 1.71. The number of guanidine groups is 1. The van der Waals surface area contributed by atoms with Gasteiger partial charge in [0.15, 0.2) is 5.96 Å². The van der Waals surface area contributed by atoms with E-state index >= 15 is 0 Å². The van der Waals surface area contributed by atoms with Gasteiger partial charge in [-0.2, -0.15) is 0 Å². The predicted molar refractivity (Wildman–Crippen MR) is 81.2 cm³/mol. The van der Waals surface area contributed by atoms with Gasteiger partial charge in [0.2, 0.25) is 0 Å². The van der Waals surface area contributed by atoms with E-state index < -0.39 is 0 Å². The summed E-state index contributed by atoms with van der Waals surface area (Å²) in [5, 5.41) is 0. The van der Waals surface area contributed by atoms with E-state index in [1.54, 1.807) is 23.9 Å². The maximum atomic E-state index is 12.7. The molecule has 0 aromatic heterocycles. The summed E-state index contributed by atoms with van der Waals surface area (Å²) in [6, 6.07) is 6.57. The van der Waals surface area contributed by atoms with Crippen LogP contribution in [0.4, 0.5) is 4.39 Å². The van der Waals surface area contributed by atoms with Crippen molar-refractivity contribution in [2.45, 2.75) is 25.2 Å². The number of benzene rings is 1. The van der Waals surface area contributed by atoms with Crippen LogP contribution in [0.25, 0.3) is 0 Å². The van der Waals surface area contributed by atoms with Gasteiger partial charge in [-0.3, -0.25) is 4.99 Å². The number of hydrogen-bond donors (Lipinski definition) is 1. The molecule has 0 aliphatic heterocycles. The molecule has 1 aromatic carbocycles. The van der Waals surface area contributed by atoms with Crippen molar-refractivity contribution in [1.82, 2.24) is 4.90 Å².